The lowest BCUT2D eigenvalue weighted by Crippen LogP contribution is -1.98. The maximum atomic E-state index is 5.64. The third-order valence-electron chi connectivity index (χ3n) is 1.94. The van der Waals surface area contributed by atoms with Crippen molar-refractivity contribution < 1.29 is 4.74 Å². The van der Waals surface area contributed by atoms with Crippen LogP contribution >= 0.6 is 15.9 Å². The monoisotopic (exact) mass is 254 g/mol. The highest BCUT2D eigenvalue weighted by Crippen LogP contribution is 2.23. The lowest BCUT2D eigenvalue weighted by Gasteiger charge is -2.09. The van der Waals surface area contributed by atoms with Gasteiger partial charge in [-0.25, -0.2) is 0 Å². The van der Waals surface area contributed by atoms with Crippen LogP contribution in [0.4, 0.5) is 0 Å². The molecule has 0 aliphatic rings. The smallest absolute Gasteiger partial charge is 0.123 e. The predicted octanol–water partition coefficient (Wildman–Crippen LogP) is 4.10. The Kier molecular flexibility index (Phi) is 4.21. The van der Waals surface area contributed by atoms with Gasteiger partial charge in [-0.2, -0.15) is 0 Å². The van der Waals surface area contributed by atoms with E-state index in [0.717, 1.165) is 27.8 Å². The minimum absolute atomic E-state index is 0.701. The molecule has 0 spiro atoms. The van der Waals surface area contributed by atoms with E-state index in [4.69, 9.17) is 4.74 Å². The Hall–Kier alpha value is -0.760. The Morgan fingerprint density at radius 3 is 2.86 bits per heavy atom. The fourth-order valence-electron chi connectivity index (χ4n) is 1.06. The van der Waals surface area contributed by atoms with Crippen LogP contribution in [0.3, 0.4) is 0 Å². The highest BCUT2D eigenvalue weighted by atomic mass is 79.9. The van der Waals surface area contributed by atoms with Crippen molar-refractivity contribution in [1.29, 1.82) is 0 Å². The summed E-state index contributed by atoms with van der Waals surface area (Å²) in [6.07, 6.45) is 0.909. The van der Waals surface area contributed by atoms with Crippen molar-refractivity contribution in [2.45, 2.75) is 20.3 Å². The second kappa shape index (κ2) is 5.20. The highest BCUT2D eigenvalue weighted by molar-refractivity contribution is 9.10. The number of ether oxygens (including phenoxy) is 1. The summed E-state index contributed by atoms with van der Waals surface area (Å²) in [5, 5.41) is 0. The van der Waals surface area contributed by atoms with Gasteiger partial charge in [-0.1, -0.05) is 27.6 Å². The lowest BCUT2D eigenvalue weighted by atomic mass is 10.2. The number of hydrogen-bond acceptors (Lipinski definition) is 1. The first-order valence-corrected chi connectivity index (χ1v) is 5.42. The lowest BCUT2D eigenvalue weighted by molar-refractivity contribution is 0.319. The van der Waals surface area contributed by atoms with E-state index < -0.39 is 0 Å². The first kappa shape index (κ1) is 11.3. The van der Waals surface area contributed by atoms with Crippen LogP contribution < -0.4 is 4.74 Å². The molecule has 0 aliphatic carbocycles. The Labute approximate surface area is 93.9 Å². The zero-order valence-electron chi connectivity index (χ0n) is 8.64. The molecule has 0 bridgehead atoms. The normalized spacial score (nSPS) is 9.93. The number of hydrogen-bond donors (Lipinski definition) is 0. The summed E-state index contributed by atoms with van der Waals surface area (Å²) in [7, 11) is 0. The van der Waals surface area contributed by atoms with E-state index in [-0.39, 0.29) is 0 Å². The summed E-state index contributed by atoms with van der Waals surface area (Å²) in [6, 6.07) is 6.05. The van der Waals surface area contributed by atoms with E-state index in [9.17, 15) is 0 Å². The Balaban J connectivity index is 2.57. The fourth-order valence-corrected chi connectivity index (χ4v) is 1.40. The summed E-state index contributed by atoms with van der Waals surface area (Å²) in [4.78, 5) is 0. The number of rotatable bonds is 4. The molecule has 0 fully saturated rings. The largest absolute Gasteiger partial charge is 0.493 e. The van der Waals surface area contributed by atoms with Gasteiger partial charge in [0.25, 0.3) is 0 Å². The zero-order valence-corrected chi connectivity index (χ0v) is 10.2. The van der Waals surface area contributed by atoms with Gasteiger partial charge in [-0.15, -0.1) is 6.58 Å². The van der Waals surface area contributed by atoms with E-state index in [2.05, 4.69) is 22.5 Å². The molecule has 1 aromatic carbocycles. The van der Waals surface area contributed by atoms with E-state index in [1.54, 1.807) is 0 Å². The van der Waals surface area contributed by atoms with Crippen LogP contribution in [0.25, 0.3) is 0 Å². The van der Waals surface area contributed by atoms with Crippen LogP contribution in [0.2, 0.25) is 0 Å². The van der Waals surface area contributed by atoms with Crippen LogP contribution in [0.15, 0.2) is 34.8 Å². The van der Waals surface area contributed by atoms with Gasteiger partial charge in [0.2, 0.25) is 0 Å². The SMILES string of the molecule is C=C(C)CCOc1cc(Br)ccc1C. The maximum absolute atomic E-state index is 5.64. The third kappa shape index (κ3) is 3.54. The van der Waals surface area contributed by atoms with Crippen LogP contribution in [0, 0.1) is 6.92 Å². The van der Waals surface area contributed by atoms with Gasteiger partial charge in [-0.05, 0) is 31.5 Å². The van der Waals surface area contributed by atoms with Crippen molar-refractivity contribution in [2.75, 3.05) is 6.61 Å². The first-order chi connectivity index (χ1) is 6.59. The Morgan fingerprint density at radius 1 is 1.50 bits per heavy atom. The van der Waals surface area contributed by atoms with Crippen LogP contribution in [-0.4, -0.2) is 6.61 Å². The number of benzene rings is 1. The molecule has 0 radical (unpaired) electrons. The van der Waals surface area contributed by atoms with Crippen LogP contribution in [0.5, 0.6) is 5.75 Å². The molecule has 0 saturated carbocycles. The molecule has 1 aromatic rings. The average Bonchev–Trinajstić information content (AvgIpc) is 2.10. The average molecular weight is 255 g/mol. The van der Waals surface area contributed by atoms with Gasteiger partial charge in [0.15, 0.2) is 0 Å². The van der Waals surface area contributed by atoms with E-state index >= 15 is 0 Å². The third-order valence-corrected chi connectivity index (χ3v) is 2.43. The van der Waals surface area contributed by atoms with Gasteiger partial charge in [-0.3, -0.25) is 0 Å². The molecule has 0 aliphatic heterocycles. The number of aryl methyl sites for hydroxylation is 1. The quantitative estimate of drug-likeness (QED) is 0.736. The van der Waals surface area contributed by atoms with Gasteiger partial charge in [0, 0.05) is 10.9 Å². The van der Waals surface area contributed by atoms with Crippen LogP contribution in [0.1, 0.15) is 18.9 Å². The van der Waals surface area contributed by atoms with E-state index in [1.807, 2.05) is 32.0 Å². The van der Waals surface area contributed by atoms with E-state index in [1.165, 1.54) is 0 Å². The van der Waals surface area contributed by atoms with Crippen molar-refractivity contribution in [3.05, 3.63) is 40.4 Å². The minimum atomic E-state index is 0.701. The molecule has 0 saturated heterocycles. The van der Waals surface area contributed by atoms with Gasteiger partial charge in [0.1, 0.15) is 5.75 Å². The molecule has 2 heteroatoms. The molecule has 0 unspecified atom stereocenters. The first-order valence-electron chi connectivity index (χ1n) is 4.63. The summed E-state index contributed by atoms with van der Waals surface area (Å²) in [5.41, 5.74) is 2.31. The molecule has 0 atom stereocenters. The maximum Gasteiger partial charge on any atom is 0.123 e. The van der Waals surface area contributed by atoms with Gasteiger partial charge >= 0.3 is 0 Å². The van der Waals surface area contributed by atoms with Crippen molar-refractivity contribution >= 4 is 15.9 Å². The summed E-state index contributed by atoms with van der Waals surface area (Å²) in [6.45, 7) is 8.59. The fraction of sp³-hybridized carbons (Fsp3) is 0.333. The molecule has 0 aromatic heterocycles. The zero-order chi connectivity index (χ0) is 10.6. The second-order valence-electron chi connectivity index (χ2n) is 3.47. The molecule has 14 heavy (non-hydrogen) atoms. The van der Waals surface area contributed by atoms with Crippen molar-refractivity contribution in [2.24, 2.45) is 0 Å². The molecule has 0 heterocycles. The molecular formula is C12H15BrO. The van der Waals surface area contributed by atoms with Gasteiger partial charge in [0.05, 0.1) is 6.61 Å². The standard InChI is InChI=1S/C12H15BrO/c1-9(2)6-7-14-12-8-11(13)5-4-10(12)3/h4-5,8H,1,6-7H2,2-3H3. The predicted molar refractivity (Wildman–Crippen MR) is 63.8 cm³/mol. The van der Waals surface area contributed by atoms with Crippen molar-refractivity contribution in [1.82, 2.24) is 0 Å². The summed E-state index contributed by atoms with van der Waals surface area (Å²) < 4.78 is 6.69. The Morgan fingerprint density at radius 2 is 2.21 bits per heavy atom. The second-order valence-corrected chi connectivity index (χ2v) is 4.38. The molecule has 76 valence electrons. The molecule has 0 N–H and O–H groups in total. The molecule has 1 rings (SSSR count). The molecule has 1 nitrogen and oxygen atoms in total. The van der Waals surface area contributed by atoms with Crippen molar-refractivity contribution in [3.63, 3.8) is 0 Å². The van der Waals surface area contributed by atoms with Crippen molar-refractivity contribution in [3.8, 4) is 5.75 Å². The topological polar surface area (TPSA) is 9.23 Å². The summed E-state index contributed by atoms with van der Waals surface area (Å²) in [5.74, 6) is 0.945. The Bertz CT molecular complexity index is 331. The minimum Gasteiger partial charge on any atom is -0.493 e. The molecule has 0 amide bonds. The molecular weight excluding hydrogens is 240 g/mol. The van der Waals surface area contributed by atoms with Crippen LogP contribution in [-0.2, 0) is 0 Å². The summed E-state index contributed by atoms with van der Waals surface area (Å²) >= 11 is 3.42. The highest BCUT2D eigenvalue weighted by Gasteiger charge is 1.99. The van der Waals surface area contributed by atoms with E-state index in [0.29, 0.717) is 6.61 Å². The van der Waals surface area contributed by atoms with Gasteiger partial charge < -0.3 is 4.74 Å². The number of halogens is 1.